The Morgan fingerprint density at radius 1 is 1.50 bits per heavy atom. The van der Waals surface area contributed by atoms with Crippen molar-refractivity contribution in [3.63, 3.8) is 0 Å². The lowest BCUT2D eigenvalue weighted by atomic mass is 10.3. The number of carbonyl (C=O) groups is 1. The molecule has 0 saturated carbocycles. The van der Waals surface area contributed by atoms with Gasteiger partial charge in [0.2, 0.25) is 16.9 Å². The summed E-state index contributed by atoms with van der Waals surface area (Å²) in [7, 11) is 1.83. The van der Waals surface area contributed by atoms with Crippen molar-refractivity contribution < 1.29 is 14.1 Å². The summed E-state index contributed by atoms with van der Waals surface area (Å²) in [4.78, 5) is 15.7. The number of aromatic nitrogens is 2. The zero-order valence-corrected chi connectivity index (χ0v) is 11.1. The summed E-state index contributed by atoms with van der Waals surface area (Å²) in [5.41, 5.74) is 1.74. The van der Waals surface area contributed by atoms with Crippen molar-refractivity contribution in [1.82, 2.24) is 9.55 Å². The molecule has 0 spiro atoms. The van der Waals surface area contributed by atoms with Crippen molar-refractivity contribution in [2.24, 2.45) is 7.05 Å². The van der Waals surface area contributed by atoms with Crippen LogP contribution in [0.15, 0.2) is 29.4 Å². The first-order valence-electron chi connectivity index (χ1n) is 5.60. The van der Waals surface area contributed by atoms with Crippen LogP contribution in [0.3, 0.4) is 0 Å². The van der Waals surface area contributed by atoms with Crippen molar-refractivity contribution >= 4 is 28.2 Å². The topological polar surface area (TPSA) is 64.3 Å². The van der Waals surface area contributed by atoms with Gasteiger partial charge in [0, 0.05) is 7.05 Å². The Kier molecular flexibility index (Phi) is 3.88. The highest BCUT2D eigenvalue weighted by atomic mass is 32.2. The van der Waals surface area contributed by atoms with E-state index in [2.05, 4.69) is 4.98 Å². The maximum atomic E-state index is 11.3. The van der Waals surface area contributed by atoms with Gasteiger partial charge in [0.1, 0.15) is 0 Å². The summed E-state index contributed by atoms with van der Waals surface area (Å²) in [5, 5.41) is 0.504. The number of aryl methyl sites for hydroxylation is 1. The summed E-state index contributed by atoms with van der Waals surface area (Å²) in [5.74, 6) is -0.458. The van der Waals surface area contributed by atoms with E-state index in [-0.39, 0.29) is 5.75 Å². The summed E-state index contributed by atoms with van der Waals surface area (Å²) >= 11 is -1.23. The Morgan fingerprint density at radius 3 is 2.89 bits per heavy atom. The molecule has 0 radical (unpaired) electrons. The standard InChI is InChI=1S/C12H15N2O3S/c1-3-17-11(15)8-18(16)12-13-9-6-4-5-7-10(9)14(12)2/h4-7,16H,3,8H2,1-2H3/q+1. The molecule has 96 valence electrons. The van der Waals surface area contributed by atoms with Crippen molar-refractivity contribution in [3.05, 3.63) is 24.3 Å². The molecule has 0 bridgehead atoms. The Hall–Kier alpha value is -1.53. The van der Waals surface area contributed by atoms with E-state index in [4.69, 9.17) is 4.74 Å². The van der Waals surface area contributed by atoms with Gasteiger partial charge in [0.05, 0.1) is 17.6 Å². The molecular formula is C12H15N2O3S+. The van der Waals surface area contributed by atoms with Crippen molar-refractivity contribution in [3.8, 4) is 0 Å². The van der Waals surface area contributed by atoms with Gasteiger partial charge in [-0.2, -0.15) is 9.54 Å². The van der Waals surface area contributed by atoms with Crippen LogP contribution >= 0.6 is 0 Å². The van der Waals surface area contributed by atoms with E-state index in [0.29, 0.717) is 11.8 Å². The number of para-hydroxylation sites is 2. The molecule has 2 rings (SSSR count). The number of benzene rings is 1. The average Bonchev–Trinajstić information content (AvgIpc) is 2.68. The fraction of sp³-hybridized carbons (Fsp3) is 0.333. The van der Waals surface area contributed by atoms with Crippen LogP contribution in [-0.2, 0) is 27.8 Å². The number of hydrogen-bond donors (Lipinski definition) is 1. The number of imidazole rings is 1. The van der Waals surface area contributed by atoms with Crippen LogP contribution in [0.2, 0.25) is 0 Å². The fourth-order valence-corrected chi connectivity index (χ4v) is 2.77. The molecule has 18 heavy (non-hydrogen) atoms. The first-order chi connectivity index (χ1) is 8.63. The number of fused-ring (bicyclic) bond motifs is 1. The first kappa shape index (κ1) is 12.9. The molecule has 2 aromatic rings. The van der Waals surface area contributed by atoms with Gasteiger partial charge in [0.25, 0.3) is 0 Å². The third-order valence-corrected chi connectivity index (χ3v) is 3.81. The van der Waals surface area contributed by atoms with Crippen LogP contribution in [0.4, 0.5) is 0 Å². The van der Waals surface area contributed by atoms with E-state index in [9.17, 15) is 9.35 Å². The normalized spacial score (nSPS) is 12.6. The molecule has 1 unspecified atom stereocenters. The second kappa shape index (κ2) is 5.41. The van der Waals surface area contributed by atoms with E-state index in [1.54, 1.807) is 11.5 Å². The lowest BCUT2D eigenvalue weighted by Gasteiger charge is -2.00. The number of carbonyl (C=O) groups excluding carboxylic acids is 1. The second-order valence-electron chi connectivity index (χ2n) is 3.76. The SMILES string of the molecule is CCOC(=O)C[S+](O)c1nc2ccccc2n1C. The number of rotatable bonds is 4. The van der Waals surface area contributed by atoms with Gasteiger partial charge >= 0.3 is 11.1 Å². The molecule has 0 amide bonds. The van der Waals surface area contributed by atoms with Gasteiger partial charge in [-0.15, -0.1) is 0 Å². The Labute approximate surface area is 108 Å². The molecule has 0 fully saturated rings. The molecule has 1 atom stereocenters. The molecule has 0 aliphatic rings. The lowest BCUT2D eigenvalue weighted by molar-refractivity contribution is -0.139. The third kappa shape index (κ3) is 2.49. The van der Waals surface area contributed by atoms with E-state index < -0.39 is 17.1 Å². The molecule has 1 N–H and O–H groups in total. The lowest BCUT2D eigenvalue weighted by Crippen LogP contribution is -2.21. The van der Waals surface area contributed by atoms with Crippen molar-refractivity contribution in [1.29, 1.82) is 0 Å². The summed E-state index contributed by atoms with van der Waals surface area (Å²) in [6.07, 6.45) is 0. The highest BCUT2D eigenvalue weighted by Crippen LogP contribution is 2.18. The molecule has 6 heteroatoms. The van der Waals surface area contributed by atoms with Gasteiger partial charge < -0.3 is 4.74 Å². The summed E-state index contributed by atoms with van der Waals surface area (Å²) < 4.78 is 16.7. The smallest absolute Gasteiger partial charge is 0.361 e. The van der Waals surface area contributed by atoms with Crippen LogP contribution < -0.4 is 0 Å². The average molecular weight is 267 g/mol. The van der Waals surface area contributed by atoms with Crippen LogP contribution in [0.1, 0.15) is 6.92 Å². The maximum absolute atomic E-state index is 11.3. The second-order valence-corrected chi connectivity index (χ2v) is 5.14. The maximum Gasteiger partial charge on any atom is 0.361 e. The van der Waals surface area contributed by atoms with Gasteiger partial charge in [-0.05, 0) is 19.1 Å². The van der Waals surface area contributed by atoms with E-state index in [0.717, 1.165) is 11.0 Å². The number of ether oxygens (including phenoxy) is 1. The number of hydrogen-bond acceptors (Lipinski definition) is 4. The largest absolute Gasteiger partial charge is 0.462 e. The van der Waals surface area contributed by atoms with Gasteiger partial charge in [0.15, 0.2) is 0 Å². The molecule has 1 aromatic heterocycles. The zero-order chi connectivity index (χ0) is 13.1. The molecule has 0 aliphatic carbocycles. The molecule has 1 aromatic carbocycles. The quantitative estimate of drug-likeness (QED) is 0.675. The number of nitrogens with zero attached hydrogens (tertiary/aromatic N) is 2. The van der Waals surface area contributed by atoms with Crippen LogP contribution in [0.25, 0.3) is 11.0 Å². The van der Waals surface area contributed by atoms with Gasteiger partial charge in [-0.25, -0.2) is 4.79 Å². The van der Waals surface area contributed by atoms with E-state index in [1.807, 2.05) is 31.3 Å². The highest BCUT2D eigenvalue weighted by molar-refractivity contribution is 7.92. The van der Waals surface area contributed by atoms with E-state index in [1.165, 1.54) is 0 Å². The third-order valence-electron chi connectivity index (χ3n) is 2.52. The molecule has 1 heterocycles. The molecule has 5 nitrogen and oxygen atoms in total. The summed E-state index contributed by atoms with van der Waals surface area (Å²) in [6, 6.07) is 7.60. The predicted molar refractivity (Wildman–Crippen MR) is 70.5 cm³/mol. The van der Waals surface area contributed by atoms with Crippen molar-refractivity contribution in [2.45, 2.75) is 12.1 Å². The van der Waals surface area contributed by atoms with Crippen LogP contribution in [-0.4, -0.2) is 32.4 Å². The highest BCUT2D eigenvalue weighted by Gasteiger charge is 2.31. The van der Waals surface area contributed by atoms with Crippen LogP contribution in [0.5, 0.6) is 0 Å². The predicted octanol–water partition coefficient (Wildman–Crippen LogP) is 1.59. The molecule has 0 aliphatic heterocycles. The minimum Gasteiger partial charge on any atom is -0.462 e. The number of esters is 1. The van der Waals surface area contributed by atoms with E-state index >= 15 is 0 Å². The Bertz CT molecular complexity index is 567. The molecular weight excluding hydrogens is 252 g/mol. The minimum atomic E-state index is -1.23. The fourth-order valence-electron chi connectivity index (χ4n) is 1.71. The zero-order valence-electron chi connectivity index (χ0n) is 10.3. The van der Waals surface area contributed by atoms with Gasteiger partial charge in [-0.1, -0.05) is 12.1 Å². The van der Waals surface area contributed by atoms with Crippen LogP contribution in [0, 0.1) is 0 Å². The first-order valence-corrected chi connectivity index (χ1v) is 6.95. The van der Waals surface area contributed by atoms with Crippen molar-refractivity contribution in [2.75, 3.05) is 12.4 Å². The summed E-state index contributed by atoms with van der Waals surface area (Å²) in [6.45, 7) is 2.06. The Balaban J connectivity index is 2.25. The minimum absolute atomic E-state index is 0.0506. The monoisotopic (exact) mass is 267 g/mol. The Morgan fingerprint density at radius 2 is 2.22 bits per heavy atom. The van der Waals surface area contributed by atoms with Gasteiger partial charge in [-0.3, -0.25) is 4.57 Å². The molecule has 0 saturated heterocycles.